The molecule has 0 heterocycles. The van der Waals surface area contributed by atoms with Gasteiger partial charge in [-0.3, -0.25) is 4.79 Å². The average molecular weight is 170 g/mol. The first-order valence-corrected chi connectivity index (χ1v) is 3.80. The largest absolute Gasteiger partial charge is 0.383 e. The Hall–Kier alpha value is -1.08. The van der Waals surface area contributed by atoms with Crippen molar-refractivity contribution in [1.29, 1.82) is 5.26 Å². The van der Waals surface area contributed by atoms with Gasteiger partial charge in [0.2, 0.25) is 5.91 Å². The Morgan fingerprint density at radius 1 is 1.67 bits per heavy atom. The molecule has 0 rings (SSSR count). The van der Waals surface area contributed by atoms with Crippen LogP contribution in [0.1, 0.15) is 13.8 Å². The molecular formula is C8H14N2O2. The minimum atomic E-state index is -0.593. The van der Waals surface area contributed by atoms with Gasteiger partial charge in [-0.1, -0.05) is 0 Å². The lowest BCUT2D eigenvalue weighted by Crippen LogP contribution is -2.38. The number of hydrogen-bond acceptors (Lipinski definition) is 3. The zero-order valence-electron chi connectivity index (χ0n) is 7.63. The van der Waals surface area contributed by atoms with Crippen molar-refractivity contribution >= 4 is 5.91 Å². The molecule has 1 N–H and O–H groups in total. The monoisotopic (exact) mass is 170 g/mol. The highest BCUT2D eigenvalue weighted by atomic mass is 16.5. The Balaban J connectivity index is 3.77. The van der Waals surface area contributed by atoms with E-state index in [4.69, 9.17) is 10.00 Å². The second-order valence-electron chi connectivity index (χ2n) is 2.72. The number of nitriles is 1. The molecule has 0 aliphatic carbocycles. The number of nitrogens with one attached hydrogen (secondary N) is 1. The molecule has 0 aliphatic heterocycles. The quantitative estimate of drug-likeness (QED) is 0.660. The first kappa shape index (κ1) is 10.9. The summed E-state index contributed by atoms with van der Waals surface area (Å²) in [6, 6.07) is 1.82. The molecule has 0 aromatic carbocycles. The highest BCUT2D eigenvalue weighted by molar-refractivity contribution is 5.80. The van der Waals surface area contributed by atoms with E-state index in [-0.39, 0.29) is 11.9 Å². The van der Waals surface area contributed by atoms with E-state index in [2.05, 4.69) is 5.32 Å². The lowest BCUT2D eigenvalue weighted by Gasteiger charge is -2.13. The van der Waals surface area contributed by atoms with Crippen molar-refractivity contribution < 1.29 is 9.53 Å². The van der Waals surface area contributed by atoms with Crippen molar-refractivity contribution in [3.05, 3.63) is 0 Å². The third-order valence-electron chi connectivity index (χ3n) is 1.39. The Morgan fingerprint density at radius 3 is 2.67 bits per heavy atom. The van der Waals surface area contributed by atoms with Gasteiger partial charge in [-0.05, 0) is 13.8 Å². The van der Waals surface area contributed by atoms with Gasteiger partial charge in [-0.25, -0.2) is 0 Å². The predicted octanol–water partition coefficient (Wildman–Crippen LogP) is 0.297. The minimum absolute atomic E-state index is 0.0432. The summed E-state index contributed by atoms with van der Waals surface area (Å²) in [6.07, 6.45) is 0. The number of ether oxygens (including phenoxy) is 1. The fourth-order valence-corrected chi connectivity index (χ4v) is 0.718. The van der Waals surface area contributed by atoms with E-state index < -0.39 is 5.92 Å². The molecule has 0 radical (unpaired) electrons. The molecule has 0 saturated carbocycles. The zero-order valence-corrected chi connectivity index (χ0v) is 7.63. The fraction of sp³-hybridized carbons (Fsp3) is 0.750. The van der Waals surface area contributed by atoms with Crippen LogP contribution in [-0.4, -0.2) is 25.7 Å². The summed E-state index contributed by atoms with van der Waals surface area (Å²) in [6.45, 7) is 3.85. The molecule has 68 valence electrons. The molecule has 2 unspecified atom stereocenters. The van der Waals surface area contributed by atoms with Crippen LogP contribution in [0.5, 0.6) is 0 Å². The van der Waals surface area contributed by atoms with Gasteiger partial charge >= 0.3 is 0 Å². The number of hydrogen-bond donors (Lipinski definition) is 1. The standard InChI is InChI=1S/C8H14N2O2/c1-6(4-9)8(11)10-7(2)5-12-3/h6-7H,5H2,1-3H3,(H,10,11). The lowest BCUT2D eigenvalue weighted by atomic mass is 10.2. The number of amides is 1. The molecule has 0 bridgehead atoms. The molecule has 0 saturated heterocycles. The molecular weight excluding hydrogens is 156 g/mol. The van der Waals surface area contributed by atoms with Crippen molar-refractivity contribution in [2.75, 3.05) is 13.7 Å². The lowest BCUT2D eigenvalue weighted by molar-refractivity contribution is -0.123. The van der Waals surface area contributed by atoms with E-state index in [0.29, 0.717) is 6.61 Å². The van der Waals surface area contributed by atoms with E-state index in [0.717, 1.165) is 0 Å². The van der Waals surface area contributed by atoms with Gasteiger partial charge in [0.05, 0.1) is 12.7 Å². The number of carbonyl (C=O) groups is 1. The number of rotatable bonds is 4. The second-order valence-corrected chi connectivity index (χ2v) is 2.72. The van der Waals surface area contributed by atoms with Crippen LogP contribution in [0.25, 0.3) is 0 Å². The molecule has 0 spiro atoms. The summed E-state index contributed by atoms with van der Waals surface area (Å²) in [4.78, 5) is 11.1. The summed E-state index contributed by atoms with van der Waals surface area (Å²) in [7, 11) is 1.57. The Bertz CT molecular complexity index is 186. The van der Waals surface area contributed by atoms with E-state index in [9.17, 15) is 4.79 Å². The second kappa shape index (κ2) is 5.56. The molecule has 12 heavy (non-hydrogen) atoms. The Kier molecular flexibility index (Phi) is 5.06. The van der Waals surface area contributed by atoms with Gasteiger partial charge in [-0.2, -0.15) is 5.26 Å². The van der Waals surface area contributed by atoms with Gasteiger partial charge in [0, 0.05) is 13.2 Å². The first-order chi connectivity index (χ1) is 5.61. The van der Waals surface area contributed by atoms with Crippen LogP contribution in [0, 0.1) is 17.2 Å². The Morgan fingerprint density at radius 2 is 2.25 bits per heavy atom. The predicted molar refractivity (Wildman–Crippen MR) is 44.3 cm³/mol. The number of carbonyl (C=O) groups excluding carboxylic acids is 1. The molecule has 0 aliphatic rings. The van der Waals surface area contributed by atoms with E-state index >= 15 is 0 Å². The third kappa shape index (κ3) is 3.94. The highest BCUT2D eigenvalue weighted by Crippen LogP contribution is 1.92. The minimum Gasteiger partial charge on any atom is -0.383 e. The summed E-state index contributed by atoms with van der Waals surface area (Å²) < 4.78 is 4.82. The first-order valence-electron chi connectivity index (χ1n) is 3.80. The van der Waals surface area contributed by atoms with Crippen LogP contribution in [-0.2, 0) is 9.53 Å². The van der Waals surface area contributed by atoms with Gasteiger partial charge in [0.1, 0.15) is 5.92 Å². The molecule has 0 fully saturated rings. The maximum Gasteiger partial charge on any atom is 0.237 e. The van der Waals surface area contributed by atoms with E-state index in [1.807, 2.05) is 13.0 Å². The van der Waals surface area contributed by atoms with Crippen LogP contribution in [0.15, 0.2) is 0 Å². The van der Waals surface area contributed by atoms with Gasteiger partial charge < -0.3 is 10.1 Å². The van der Waals surface area contributed by atoms with Gasteiger partial charge in [-0.15, -0.1) is 0 Å². The molecule has 2 atom stereocenters. The van der Waals surface area contributed by atoms with Crippen LogP contribution in [0.3, 0.4) is 0 Å². The summed E-state index contributed by atoms with van der Waals surface area (Å²) in [5, 5.41) is 11.1. The maximum absolute atomic E-state index is 11.1. The van der Waals surface area contributed by atoms with Crippen LogP contribution >= 0.6 is 0 Å². The van der Waals surface area contributed by atoms with Crippen molar-refractivity contribution in [3.63, 3.8) is 0 Å². The molecule has 0 aromatic heterocycles. The smallest absolute Gasteiger partial charge is 0.237 e. The number of methoxy groups -OCH3 is 1. The fourth-order valence-electron chi connectivity index (χ4n) is 0.718. The van der Waals surface area contributed by atoms with Crippen molar-refractivity contribution in [2.45, 2.75) is 19.9 Å². The summed E-state index contributed by atoms with van der Waals surface area (Å²) in [5.41, 5.74) is 0. The summed E-state index contributed by atoms with van der Waals surface area (Å²) in [5.74, 6) is -0.841. The molecule has 4 heteroatoms. The van der Waals surface area contributed by atoms with Crippen LogP contribution < -0.4 is 5.32 Å². The summed E-state index contributed by atoms with van der Waals surface area (Å²) >= 11 is 0. The van der Waals surface area contributed by atoms with Crippen LogP contribution in [0.4, 0.5) is 0 Å². The molecule has 4 nitrogen and oxygen atoms in total. The van der Waals surface area contributed by atoms with Crippen LogP contribution in [0.2, 0.25) is 0 Å². The zero-order chi connectivity index (χ0) is 9.56. The third-order valence-corrected chi connectivity index (χ3v) is 1.39. The van der Waals surface area contributed by atoms with Crippen molar-refractivity contribution in [3.8, 4) is 6.07 Å². The molecule has 0 aromatic rings. The van der Waals surface area contributed by atoms with Crippen molar-refractivity contribution in [2.24, 2.45) is 5.92 Å². The topological polar surface area (TPSA) is 62.1 Å². The van der Waals surface area contributed by atoms with E-state index in [1.165, 1.54) is 0 Å². The normalized spacial score (nSPS) is 14.5. The highest BCUT2D eigenvalue weighted by Gasteiger charge is 2.13. The molecule has 1 amide bonds. The van der Waals surface area contributed by atoms with Gasteiger partial charge in [0.15, 0.2) is 0 Å². The van der Waals surface area contributed by atoms with Crippen molar-refractivity contribution in [1.82, 2.24) is 5.32 Å². The Labute approximate surface area is 72.5 Å². The van der Waals surface area contributed by atoms with E-state index in [1.54, 1.807) is 14.0 Å². The maximum atomic E-state index is 11.1. The average Bonchev–Trinajstić information content (AvgIpc) is 2.03. The SMILES string of the molecule is COCC(C)NC(=O)C(C)C#N. The number of nitrogens with zero attached hydrogens (tertiary/aromatic N) is 1. The van der Waals surface area contributed by atoms with Gasteiger partial charge in [0.25, 0.3) is 0 Å².